The van der Waals surface area contributed by atoms with Gasteiger partial charge in [0, 0.05) is 34.5 Å². The smallest absolute Gasteiger partial charge is 0.273 e. The van der Waals surface area contributed by atoms with Crippen LogP contribution in [-0.2, 0) is 6.54 Å². The Labute approximate surface area is 122 Å². The van der Waals surface area contributed by atoms with E-state index in [2.05, 4.69) is 11.6 Å². The second-order valence-corrected chi connectivity index (χ2v) is 6.35. The van der Waals surface area contributed by atoms with E-state index < -0.39 is 0 Å². The fourth-order valence-electron chi connectivity index (χ4n) is 2.47. The van der Waals surface area contributed by atoms with Crippen LogP contribution >= 0.6 is 23.4 Å². The molecule has 4 nitrogen and oxygen atoms in total. The summed E-state index contributed by atoms with van der Waals surface area (Å²) in [6.45, 7) is 0.503. The third kappa shape index (κ3) is 3.84. The number of hydrogen-bond donors (Lipinski definition) is 1. The maximum absolute atomic E-state index is 11.0. The summed E-state index contributed by atoms with van der Waals surface area (Å²) in [5.74, 6) is 0. The van der Waals surface area contributed by atoms with E-state index in [1.54, 1.807) is 12.1 Å². The van der Waals surface area contributed by atoms with Gasteiger partial charge in [-0.15, -0.1) is 0 Å². The number of nitrogens with one attached hydrogen (secondary N) is 1. The zero-order valence-corrected chi connectivity index (χ0v) is 12.3. The number of nitro benzene ring substituents is 1. The zero-order valence-electron chi connectivity index (χ0n) is 10.8. The highest BCUT2D eigenvalue weighted by Crippen LogP contribution is 2.29. The van der Waals surface area contributed by atoms with Gasteiger partial charge in [-0.2, -0.15) is 11.8 Å². The Morgan fingerprint density at radius 2 is 2.32 bits per heavy atom. The lowest BCUT2D eigenvalue weighted by atomic mass is 10.1. The number of thioether (sulfide) groups is 1. The first-order valence-electron chi connectivity index (χ1n) is 6.29. The normalized spacial score (nSPS) is 22.6. The highest BCUT2D eigenvalue weighted by atomic mass is 35.5. The van der Waals surface area contributed by atoms with Crippen LogP contribution in [0.15, 0.2) is 18.2 Å². The lowest BCUT2D eigenvalue weighted by Gasteiger charge is -2.13. The summed E-state index contributed by atoms with van der Waals surface area (Å²) in [5, 5.41) is 15.6. The van der Waals surface area contributed by atoms with Crippen LogP contribution in [0.3, 0.4) is 0 Å². The minimum absolute atomic E-state index is 0.135. The van der Waals surface area contributed by atoms with E-state index in [9.17, 15) is 10.1 Å². The predicted octanol–water partition coefficient (Wildman–Crippen LogP) is 3.62. The van der Waals surface area contributed by atoms with Gasteiger partial charge in [0.25, 0.3) is 5.69 Å². The van der Waals surface area contributed by atoms with Crippen LogP contribution in [-0.4, -0.2) is 22.5 Å². The van der Waals surface area contributed by atoms with Crippen molar-refractivity contribution in [2.45, 2.75) is 37.1 Å². The van der Waals surface area contributed by atoms with Crippen molar-refractivity contribution in [2.75, 3.05) is 6.26 Å². The molecule has 1 aliphatic carbocycles. The van der Waals surface area contributed by atoms with Crippen molar-refractivity contribution in [1.82, 2.24) is 5.32 Å². The topological polar surface area (TPSA) is 55.2 Å². The molecule has 1 aliphatic rings. The van der Waals surface area contributed by atoms with Gasteiger partial charge in [-0.25, -0.2) is 0 Å². The monoisotopic (exact) mass is 300 g/mol. The first kappa shape index (κ1) is 14.6. The Hall–Kier alpha value is -0.780. The Morgan fingerprint density at radius 3 is 2.95 bits per heavy atom. The zero-order chi connectivity index (χ0) is 13.8. The molecular formula is C13H17ClN2O2S. The van der Waals surface area contributed by atoms with Crippen LogP contribution in [0.25, 0.3) is 0 Å². The predicted molar refractivity (Wildman–Crippen MR) is 79.9 cm³/mol. The van der Waals surface area contributed by atoms with E-state index in [1.165, 1.54) is 12.5 Å². The van der Waals surface area contributed by atoms with Crippen LogP contribution in [0, 0.1) is 10.1 Å². The van der Waals surface area contributed by atoms with Gasteiger partial charge in [-0.1, -0.05) is 11.6 Å². The van der Waals surface area contributed by atoms with Crippen LogP contribution in [0.2, 0.25) is 5.02 Å². The number of benzene rings is 1. The molecule has 0 bridgehead atoms. The molecule has 2 unspecified atom stereocenters. The minimum atomic E-state index is -0.354. The molecule has 0 radical (unpaired) electrons. The van der Waals surface area contributed by atoms with E-state index in [4.69, 9.17) is 11.6 Å². The molecule has 1 saturated carbocycles. The molecule has 2 atom stereocenters. The molecule has 0 amide bonds. The van der Waals surface area contributed by atoms with Crippen LogP contribution in [0.5, 0.6) is 0 Å². The molecule has 1 aromatic carbocycles. The van der Waals surface area contributed by atoms with Crippen molar-refractivity contribution in [3.63, 3.8) is 0 Å². The Bertz CT molecular complexity index is 470. The van der Waals surface area contributed by atoms with Crippen LogP contribution in [0.4, 0.5) is 5.69 Å². The molecule has 6 heteroatoms. The standard InChI is InChI=1S/C13H17ClN2O2S/c1-19-12-4-3-11(7-12)15-8-9-6-10(14)2-5-13(9)16(17)18/h2,5-6,11-12,15H,3-4,7-8H2,1H3. The molecule has 0 heterocycles. The number of hydrogen-bond acceptors (Lipinski definition) is 4. The second-order valence-electron chi connectivity index (χ2n) is 4.78. The maximum Gasteiger partial charge on any atom is 0.273 e. The summed E-state index contributed by atoms with van der Waals surface area (Å²) in [7, 11) is 0. The molecule has 19 heavy (non-hydrogen) atoms. The van der Waals surface area contributed by atoms with Crippen molar-refractivity contribution in [3.05, 3.63) is 38.9 Å². The average molecular weight is 301 g/mol. The van der Waals surface area contributed by atoms with Gasteiger partial charge >= 0.3 is 0 Å². The molecule has 0 aromatic heterocycles. The number of halogens is 1. The van der Waals surface area contributed by atoms with Gasteiger partial charge in [0.1, 0.15) is 0 Å². The summed E-state index contributed by atoms with van der Waals surface area (Å²) in [5.41, 5.74) is 0.793. The van der Waals surface area contributed by atoms with Gasteiger partial charge in [0.05, 0.1) is 4.92 Å². The summed E-state index contributed by atoms with van der Waals surface area (Å²) in [6.07, 6.45) is 5.63. The Morgan fingerprint density at radius 1 is 1.53 bits per heavy atom. The fourth-order valence-corrected chi connectivity index (χ4v) is 3.46. The third-order valence-corrected chi connectivity index (χ3v) is 4.87. The minimum Gasteiger partial charge on any atom is -0.310 e. The first-order chi connectivity index (χ1) is 9.10. The van der Waals surface area contributed by atoms with Crippen molar-refractivity contribution in [3.8, 4) is 0 Å². The van der Waals surface area contributed by atoms with Crippen molar-refractivity contribution in [1.29, 1.82) is 0 Å². The quantitative estimate of drug-likeness (QED) is 0.666. The Balaban J connectivity index is 1.99. The Kier molecular flexibility index (Phi) is 5.07. The molecule has 1 N–H and O–H groups in total. The van der Waals surface area contributed by atoms with E-state index in [1.807, 2.05) is 11.8 Å². The van der Waals surface area contributed by atoms with Crippen molar-refractivity contribution in [2.24, 2.45) is 0 Å². The SMILES string of the molecule is CSC1CCC(NCc2cc(Cl)ccc2[N+](=O)[O-])C1. The third-order valence-electron chi connectivity index (χ3n) is 3.54. The van der Waals surface area contributed by atoms with Crippen LogP contribution in [0.1, 0.15) is 24.8 Å². The summed E-state index contributed by atoms with van der Waals surface area (Å²) in [4.78, 5) is 10.6. The molecule has 104 valence electrons. The number of nitrogens with zero attached hydrogens (tertiary/aromatic N) is 1. The molecule has 0 spiro atoms. The summed E-state index contributed by atoms with van der Waals surface area (Å²) >= 11 is 7.81. The lowest BCUT2D eigenvalue weighted by Crippen LogP contribution is -2.26. The van der Waals surface area contributed by atoms with Gasteiger partial charge < -0.3 is 5.32 Å². The van der Waals surface area contributed by atoms with Gasteiger partial charge in [-0.3, -0.25) is 10.1 Å². The molecule has 0 aliphatic heterocycles. The van der Waals surface area contributed by atoms with Crippen LogP contribution < -0.4 is 5.32 Å². The largest absolute Gasteiger partial charge is 0.310 e. The lowest BCUT2D eigenvalue weighted by molar-refractivity contribution is -0.385. The highest BCUT2D eigenvalue weighted by molar-refractivity contribution is 7.99. The van der Waals surface area contributed by atoms with E-state index in [0.717, 1.165) is 12.8 Å². The van der Waals surface area contributed by atoms with E-state index >= 15 is 0 Å². The van der Waals surface area contributed by atoms with Gasteiger partial charge in [0.15, 0.2) is 0 Å². The molecule has 1 fully saturated rings. The first-order valence-corrected chi connectivity index (χ1v) is 7.95. The summed E-state index contributed by atoms with van der Waals surface area (Å²) in [6, 6.07) is 5.16. The molecular weight excluding hydrogens is 284 g/mol. The van der Waals surface area contributed by atoms with E-state index in [-0.39, 0.29) is 10.6 Å². The molecule has 2 rings (SSSR count). The molecule has 0 saturated heterocycles. The highest BCUT2D eigenvalue weighted by Gasteiger charge is 2.24. The summed E-state index contributed by atoms with van der Waals surface area (Å²) < 4.78 is 0. The van der Waals surface area contributed by atoms with Crippen molar-refractivity contribution < 1.29 is 4.92 Å². The maximum atomic E-state index is 11.0. The average Bonchev–Trinajstić information content (AvgIpc) is 2.84. The van der Waals surface area contributed by atoms with Gasteiger partial charge in [0.2, 0.25) is 0 Å². The number of rotatable bonds is 5. The number of nitro groups is 1. The molecule has 1 aromatic rings. The van der Waals surface area contributed by atoms with Crippen molar-refractivity contribution >= 4 is 29.1 Å². The fraction of sp³-hybridized carbons (Fsp3) is 0.538. The van der Waals surface area contributed by atoms with Gasteiger partial charge in [-0.05, 0) is 37.7 Å². The van der Waals surface area contributed by atoms with E-state index in [0.29, 0.717) is 28.4 Å². The second kappa shape index (κ2) is 6.59.